The van der Waals surface area contributed by atoms with Crippen molar-refractivity contribution in [2.45, 2.75) is 20.3 Å². The van der Waals surface area contributed by atoms with Crippen LogP contribution in [-0.4, -0.2) is 15.0 Å². The van der Waals surface area contributed by atoms with Gasteiger partial charge in [0, 0.05) is 34.0 Å². The molecule has 220 valence electrons. The highest BCUT2D eigenvalue weighted by Crippen LogP contribution is 2.37. The normalized spacial score (nSPS) is 15.0. The average Bonchev–Trinajstić information content (AvgIpc) is 3.11. The molecular weight excluding hydrogens is 558 g/mol. The summed E-state index contributed by atoms with van der Waals surface area (Å²) in [6.07, 6.45) is 9.88. The Morgan fingerprint density at radius 1 is 0.500 bits per heavy atom. The first-order chi connectivity index (χ1) is 22.6. The fourth-order valence-electron chi connectivity index (χ4n) is 6.82. The number of aryl methyl sites for hydroxylation is 2. The van der Waals surface area contributed by atoms with Crippen LogP contribution in [0.25, 0.3) is 56.2 Å². The van der Waals surface area contributed by atoms with E-state index in [9.17, 15) is 0 Å². The van der Waals surface area contributed by atoms with E-state index in [-0.39, 0.29) is 0 Å². The Morgan fingerprint density at radius 2 is 1.07 bits per heavy atom. The number of hydrogen-bond donors (Lipinski definition) is 0. The van der Waals surface area contributed by atoms with Gasteiger partial charge in [0.15, 0.2) is 5.82 Å². The van der Waals surface area contributed by atoms with E-state index in [0.29, 0.717) is 5.92 Å². The highest BCUT2D eigenvalue weighted by atomic mass is 14.9. The lowest BCUT2D eigenvalue weighted by Gasteiger charge is -2.25. The third-order valence-corrected chi connectivity index (χ3v) is 8.94. The Labute approximate surface area is 269 Å². The van der Waals surface area contributed by atoms with Gasteiger partial charge in [-0.15, -0.1) is 0 Å². The van der Waals surface area contributed by atoms with E-state index >= 15 is 0 Å². The van der Waals surface area contributed by atoms with Crippen LogP contribution in [0.2, 0.25) is 0 Å². The van der Waals surface area contributed by atoms with Gasteiger partial charge in [0.05, 0.1) is 11.4 Å². The monoisotopic (exact) mass is 591 g/mol. The second kappa shape index (κ2) is 11.7. The quantitative estimate of drug-likeness (QED) is 0.201. The lowest BCUT2D eigenvalue weighted by atomic mass is 9.79. The molecule has 2 heterocycles. The van der Waals surface area contributed by atoms with Crippen molar-refractivity contribution in [3.63, 3.8) is 0 Å². The van der Waals surface area contributed by atoms with Crippen LogP contribution in [0.1, 0.15) is 23.4 Å². The first-order valence-corrected chi connectivity index (χ1v) is 15.9. The molecule has 0 bridgehead atoms. The smallest absolute Gasteiger partial charge is 0.159 e. The van der Waals surface area contributed by atoms with Crippen molar-refractivity contribution < 1.29 is 0 Å². The molecule has 1 atom stereocenters. The molecule has 4 aromatic carbocycles. The van der Waals surface area contributed by atoms with Gasteiger partial charge in [-0.25, -0.2) is 15.0 Å². The summed E-state index contributed by atoms with van der Waals surface area (Å²) in [4.78, 5) is 15.0. The van der Waals surface area contributed by atoms with Crippen molar-refractivity contribution in [1.82, 2.24) is 15.0 Å². The van der Waals surface area contributed by atoms with Crippen molar-refractivity contribution in [2.24, 2.45) is 5.92 Å². The third kappa shape index (κ3) is 5.31. The number of rotatable bonds is 5. The maximum absolute atomic E-state index is 5.14. The molecule has 0 aliphatic heterocycles. The minimum atomic E-state index is 0.342. The molecule has 0 spiro atoms. The number of hydrogen-bond acceptors (Lipinski definition) is 3. The summed E-state index contributed by atoms with van der Waals surface area (Å²) in [6.45, 7) is 4.08. The predicted molar refractivity (Wildman–Crippen MR) is 189 cm³/mol. The van der Waals surface area contributed by atoms with Gasteiger partial charge >= 0.3 is 0 Å². The van der Waals surface area contributed by atoms with Crippen LogP contribution in [0, 0.1) is 19.8 Å². The van der Waals surface area contributed by atoms with Crippen LogP contribution < -0.4 is 10.4 Å². The van der Waals surface area contributed by atoms with E-state index in [0.717, 1.165) is 62.8 Å². The van der Waals surface area contributed by atoms with Gasteiger partial charge in [0.2, 0.25) is 0 Å². The molecule has 3 nitrogen and oxygen atoms in total. The number of aromatic nitrogens is 3. The standard InChI is InChI=1S/C43H33N3/c1-28-21-29(2)45-43(44-28)36-23-33(22-35(24-36)40-25-32-17-9-10-18-37(32)38-19-11-12-20-39(38)40)34-26-41(30-13-5-3-6-14-30)46-42(27-34)31-15-7-4-8-16-31/h3-24,26-27,32H,25H2,1-2H3. The van der Waals surface area contributed by atoms with Crippen LogP contribution in [-0.2, 0) is 0 Å². The molecule has 2 aliphatic carbocycles. The van der Waals surface area contributed by atoms with E-state index < -0.39 is 0 Å². The zero-order chi connectivity index (χ0) is 31.0. The van der Waals surface area contributed by atoms with E-state index in [2.05, 4.69) is 127 Å². The number of benzene rings is 4. The Bertz CT molecular complexity index is 2220. The molecule has 0 amide bonds. The molecule has 0 fully saturated rings. The Hall–Kier alpha value is -5.67. The maximum atomic E-state index is 5.14. The van der Waals surface area contributed by atoms with Gasteiger partial charge in [-0.05, 0) is 94.9 Å². The number of pyridine rings is 1. The van der Waals surface area contributed by atoms with E-state index in [4.69, 9.17) is 15.0 Å². The summed E-state index contributed by atoms with van der Waals surface area (Å²) in [7, 11) is 0. The molecule has 2 aliphatic rings. The first-order valence-electron chi connectivity index (χ1n) is 15.9. The van der Waals surface area contributed by atoms with Gasteiger partial charge in [-0.3, -0.25) is 0 Å². The van der Waals surface area contributed by atoms with Crippen molar-refractivity contribution in [3.05, 3.63) is 173 Å². The minimum absolute atomic E-state index is 0.342. The van der Waals surface area contributed by atoms with Gasteiger partial charge < -0.3 is 0 Å². The van der Waals surface area contributed by atoms with E-state index in [1.807, 2.05) is 32.0 Å². The lowest BCUT2D eigenvalue weighted by molar-refractivity contribution is 0.845. The molecule has 6 aromatic rings. The summed E-state index contributed by atoms with van der Waals surface area (Å²) in [5.74, 6) is 1.09. The molecule has 46 heavy (non-hydrogen) atoms. The molecule has 8 rings (SSSR count). The fraction of sp³-hybridized carbons (Fsp3) is 0.0930. The molecule has 0 saturated carbocycles. The molecule has 0 radical (unpaired) electrons. The van der Waals surface area contributed by atoms with Crippen LogP contribution in [0.5, 0.6) is 0 Å². The Kier molecular flexibility index (Phi) is 7.07. The molecule has 0 N–H and O–H groups in total. The van der Waals surface area contributed by atoms with Crippen LogP contribution in [0.4, 0.5) is 0 Å². The topological polar surface area (TPSA) is 38.7 Å². The largest absolute Gasteiger partial charge is 0.248 e. The summed E-state index contributed by atoms with van der Waals surface area (Å²) < 4.78 is 0. The zero-order valence-corrected chi connectivity index (χ0v) is 26.0. The van der Waals surface area contributed by atoms with Gasteiger partial charge in [0.25, 0.3) is 0 Å². The van der Waals surface area contributed by atoms with Gasteiger partial charge in [-0.1, -0.05) is 109 Å². The van der Waals surface area contributed by atoms with Crippen LogP contribution >= 0.6 is 0 Å². The van der Waals surface area contributed by atoms with Crippen LogP contribution in [0.3, 0.4) is 0 Å². The average molecular weight is 592 g/mol. The summed E-state index contributed by atoms with van der Waals surface area (Å²) in [6, 6.07) is 43.0. The SMILES string of the molecule is Cc1cc(C)nc(-c2cc(C3=c4ccccc4=C4C=CC=CC4C3)cc(-c3cc(-c4ccccc4)nc(-c4ccccc4)c3)c2)n1. The molecule has 3 heteroatoms. The first kappa shape index (κ1) is 27.8. The van der Waals surface area contributed by atoms with Crippen LogP contribution in [0.15, 0.2) is 146 Å². The summed E-state index contributed by atoms with van der Waals surface area (Å²) in [5.41, 5.74) is 13.2. The Morgan fingerprint density at radius 3 is 1.74 bits per heavy atom. The second-order valence-electron chi connectivity index (χ2n) is 12.2. The number of nitrogens with zero attached hydrogens (tertiary/aromatic N) is 3. The van der Waals surface area contributed by atoms with Crippen molar-refractivity contribution in [3.8, 4) is 45.0 Å². The fourth-order valence-corrected chi connectivity index (χ4v) is 6.82. The maximum Gasteiger partial charge on any atom is 0.159 e. The molecule has 0 saturated heterocycles. The molecule has 2 aromatic heterocycles. The van der Waals surface area contributed by atoms with E-state index in [1.54, 1.807) is 0 Å². The summed E-state index contributed by atoms with van der Waals surface area (Å²) in [5, 5.41) is 2.61. The van der Waals surface area contributed by atoms with Gasteiger partial charge in [0.1, 0.15) is 0 Å². The van der Waals surface area contributed by atoms with Gasteiger partial charge in [-0.2, -0.15) is 0 Å². The van der Waals surface area contributed by atoms with Crippen molar-refractivity contribution in [1.29, 1.82) is 0 Å². The minimum Gasteiger partial charge on any atom is -0.248 e. The Balaban J connectivity index is 1.41. The number of allylic oxidation sites excluding steroid dienone is 4. The lowest BCUT2D eigenvalue weighted by Crippen LogP contribution is -2.35. The highest BCUT2D eigenvalue weighted by Gasteiger charge is 2.22. The zero-order valence-electron chi connectivity index (χ0n) is 26.0. The number of fused-ring (bicyclic) bond motifs is 2. The third-order valence-electron chi connectivity index (χ3n) is 8.94. The highest BCUT2D eigenvalue weighted by molar-refractivity contribution is 5.84. The van der Waals surface area contributed by atoms with Crippen molar-refractivity contribution >= 4 is 11.1 Å². The van der Waals surface area contributed by atoms with Crippen molar-refractivity contribution in [2.75, 3.05) is 0 Å². The second-order valence-corrected chi connectivity index (χ2v) is 12.2. The summed E-state index contributed by atoms with van der Waals surface area (Å²) >= 11 is 0. The molecular formula is C43H33N3. The van der Waals surface area contributed by atoms with E-state index in [1.165, 1.54) is 27.1 Å². The predicted octanol–water partition coefficient (Wildman–Crippen LogP) is 8.65. The molecule has 1 unspecified atom stereocenters.